The summed E-state index contributed by atoms with van der Waals surface area (Å²) in [5.41, 5.74) is 4.46. The predicted molar refractivity (Wildman–Crippen MR) is 108 cm³/mol. The second kappa shape index (κ2) is 7.50. The minimum Gasteiger partial charge on any atom is -0.369 e. The maximum absolute atomic E-state index is 4.48. The third-order valence-corrected chi connectivity index (χ3v) is 5.59. The number of hydrogen-bond acceptors (Lipinski definition) is 7. The molecule has 1 saturated heterocycles. The number of nitrogens with zero attached hydrogens (tertiary/aromatic N) is 6. The smallest absolute Gasteiger partial charge is 0.151 e. The lowest BCUT2D eigenvalue weighted by Crippen LogP contribution is -2.50. The van der Waals surface area contributed by atoms with Gasteiger partial charge in [-0.1, -0.05) is 0 Å². The summed E-state index contributed by atoms with van der Waals surface area (Å²) in [7, 11) is 0. The largest absolute Gasteiger partial charge is 0.369 e. The third-order valence-electron chi connectivity index (χ3n) is 5.59. The molecule has 0 aromatic carbocycles. The van der Waals surface area contributed by atoms with E-state index in [-0.39, 0.29) is 0 Å². The first-order valence-corrected chi connectivity index (χ1v) is 9.92. The number of aryl methyl sites for hydroxylation is 1. The van der Waals surface area contributed by atoms with E-state index in [2.05, 4.69) is 35.4 Å². The minimum absolute atomic E-state index is 0.593. The standard InChI is InChI=1S/C21H23N7/c1-2-4-19-17(3-1)21(25-14-24-19)23-11-15-12-28(13-15)20-6-5-18(26-27-20)16-7-9-22-10-8-16/h5-10,14-15H,1-4,11-13H2,(H,23,24,25). The van der Waals surface area contributed by atoms with Crippen molar-refractivity contribution >= 4 is 11.6 Å². The molecule has 0 unspecified atom stereocenters. The molecule has 0 saturated carbocycles. The van der Waals surface area contributed by atoms with Crippen LogP contribution in [0.4, 0.5) is 11.6 Å². The number of aromatic nitrogens is 5. The van der Waals surface area contributed by atoms with Gasteiger partial charge < -0.3 is 10.2 Å². The molecule has 1 aliphatic heterocycles. The molecule has 5 rings (SSSR count). The van der Waals surface area contributed by atoms with Crippen LogP contribution in [0.1, 0.15) is 24.1 Å². The van der Waals surface area contributed by atoms with Gasteiger partial charge in [-0.2, -0.15) is 0 Å². The quantitative estimate of drug-likeness (QED) is 0.736. The molecule has 142 valence electrons. The molecule has 7 nitrogen and oxygen atoms in total. The van der Waals surface area contributed by atoms with Crippen molar-refractivity contribution in [2.75, 3.05) is 29.9 Å². The van der Waals surface area contributed by atoms with Gasteiger partial charge in [-0.25, -0.2) is 9.97 Å². The van der Waals surface area contributed by atoms with Crippen LogP contribution in [-0.4, -0.2) is 44.8 Å². The summed E-state index contributed by atoms with van der Waals surface area (Å²) in [4.78, 5) is 15.2. The van der Waals surface area contributed by atoms with Crippen LogP contribution in [0.25, 0.3) is 11.3 Å². The highest BCUT2D eigenvalue weighted by Gasteiger charge is 2.28. The van der Waals surface area contributed by atoms with Crippen molar-refractivity contribution in [3.8, 4) is 11.3 Å². The Bertz CT molecular complexity index is 937. The van der Waals surface area contributed by atoms with Crippen molar-refractivity contribution in [3.63, 3.8) is 0 Å². The highest BCUT2D eigenvalue weighted by Crippen LogP contribution is 2.27. The second-order valence-corrected chi connectivity index (χ2v) is 7.52. The molecule has 1 aliphatic carbocycles. The average Bonchev–Trinajstić information content (AvgIpc) is 2.74. The molecule has 0 radical (unpaired) electrons. The zero-order valence-electron chi connectivity index (χ0n) is 15.8. The molecule has 4 heterocycles. The van der Waals surface area contributed by atoms with Crippen LogP contribution in [0.3, 0.4) is 0 Å². The van der Waals surface area contributed by atoms with Gasteiger partial charge in [-0.3, -0.25) is 4.98 Å². The molecule has 2 aliphatic rings. The number of pyridine rings is 1. The van der Waals surface area contributed by atoms with Crippen LogP contribution in [0.2, 0.25) is 0 Å². The van der Waals surface area contributed by atoms with E-state index in [0.29, 0.717) is 5.92 Å². The van der Waals surface area contributed by atoms with E-state index >= 15 is 0 Å². The van der Waals surface area contributed by atoms with Crippen LogP contribution in [0, 0.1) is 5.92 Å². The molecule has 1 N–H and O–H groups in total. The van der Waals surface area contributed by atoms with Crippen LogP contribution < -0.4 is 10.2 Å². The van der Waals surface area contributed by atoms with Gasteiger partial charge in [0.1, 0.15) is 12.1 Å². The molecule has 3 aromatic heterocycles. The van der Waals surface area contributed by atoms with Gasteiger partial charge in [0.05, 0.1) is 5.69 Å². The zero-order valence-corrected chi connectivity index (χ0v) is 15.8. The number of fused-ring (bicyclic) bond motifs is 1. The fourth-order valence-corrected chi connectivity index (χ4v) is 3.97. The van der Waals surface area contributed by atoms with Crippen LogP contribution >= 0.6 is 0 Å². The van der Waals surface area contributed by atoms with Crippen molar-refractivity contribution in [2.45, 2.75) is 25.7 Å². The molecule has 7 heteroatoms. The number of rotatable bonds is 5. The van der Waals surface area contributed by atoms with E-state index in [0.717, 1.165) is 55.4 Å². The summed E-state index contributed by atoms with van der Waals surface area (Å²) in [6.45, 7) is 2.91. The number of hydrogen-bond donors (Lipinski definition) is 1. The highest BCUT2D eigenvalue weighted by molar-refractivity contribution is 5.59. The normalized spacial score (nSPS) is 16.4. The topological polar surface area (TPSA) is 79.7 Å². The fourth-order valence-electron chi connectivity index (χ4n) is 3.97. The molecule has 0 spiro atoms. The van der Waals surface area contributed by atoms with Crippen molar-refractivity contribution < 1.29 is 0 Å². The SMILES string of the molecule is c1cc(-c2ccc(N3CC(CNc4ncnc5c4CCCC5)C3)nn2)ccn1. The Morgan fingerprint density at radius 1 is 0.964 bits per heavy atom. The van der Waals surface area contributed by atoms with E-state index in [1.165, 1.54) is 24.1 Å². The van der Waals surface area contributed by atoms with Crippen LogP contribution in [0.15, 0.2) is 43.0 Å². The van der Waals surface area contributed by atoms with E-state index < -0.39 is 0 Å². The number of anilines is 2. The zero-order chi connectivity index (χ0) is 18.8. The van der Waals surface area contributed by atoms with E-state index in [4.69, 9.17) is 0 Å². The third kappa shape index (κ3) is 3.40. The molecular formula is C21H23N7. The van der Waals surface area contributed by atoms with Gasteiger partial charge in [0.15, 0.2) is 5.82 Å². The molecular weight excluding hydrogens is 350 g/mol. The molecule has 28 heavy (non-hydrogen) atoms. The van der Waals surface area contributed by atoms with Crippen LogP contribution in [0.5, 0.6) is 0 Å². The van der Waals surface area contributed by atoms with Crippen molar-refractivity contribution in [1.82, 2.24) is 25.1 Å². The molecule has 0 amide bonds. The molecule has 0 atom stereocenters. The van der Waals surface area contributed by atoms with Crippen molar-refractivity contribution in [3.05, 3.63) is 54.2 Å². The van der Waals surface area contributed by atoms with Crippen molar-refractivity contribution in [2.24, 2.45) is 5.92 Å². The Morgan fingerprint density at radius 2 is 1.82 bits per heavy atom. The molecule has 3 aromatic rings. The van der Waals surface area contributed by atoms with E-state index in [1.807, 2.05) is 24.3 Å². The first-order valence-electron chi connectivity index (χ1n) is 9.92. The van der Waals surface area contributed by atoms with Gasteiger partial charge in [0.2, 0.25) is 0 Å². The fraction of sp³-hybridized carbons (Fsp3) is 0.381. The maximum Gasteiger partial charge on any atom is 0.151 e. The summed E-state index contributed by atoms with van der Waals surface area (Å²) in [6, 6.07) is 7.96. The van der Waals surface area contributed by atoms with E-state index in [9.17, 15) is 0 Å². The summed E-state index contributed by atoms with van der Waals surface area (Å²) >= 11 is 0. The lowest BCUT2D eigenvalue weighted by Gasteiger charge is -2.40. The van der Waals surface area contributed by atoms with Gasteiger partial charge in [0.25, 0.3) is 0 Å². The van der Waals surface area contributed by atoms with Gasteiger partial charge in [0, 0.05) is 54.8 Å². The Morgan fingerprint density at radius 3 is 2.64 bits per heavy atom. The monoisotopic (exact) mass is 373 g/mol. The Balaban J connectivity index is 1.16. The average molecular weight is 373 g/mol. The van der Waals surface area contributed by atoms with Gasteiger partial charge in [-0.15, -0.1) is 10.2 Å². The first-order chi connectivity index (χ1) is 13.9. The lowest BCUT2D eigenvalue weighted by atomic mass is 9.96. The van der Waals surface area contributed by atoms with Crippen molar-refractivity contribution in [1.29, 1.82) is 0 Å². The predicted octanol–water partition coefficient (Wildman–Crippen LogP) is 2.76. The van der Waals surface area contributed by atoms with E-state index in [1.54, 1.807) is 18.7 Å². The summed E-state index contributed by atoms with van der Waals surface area (Å²) in [6.07, 6.45) is 9.88. The highest BCUT2D eigenvalue weighted by atomic mass is 15.3. The van der Waals surface area contributed by atoms with Gasteiger partial charge in [-0.05, 0) is 49.9 Å². The van der Waals surface area contributed by atoms with Crippen LogP contribution in [-0.2, 0) is 12.8 Å². The lowest BCUT2D eigenvalue weighted by molar-refractivity contribution is 0.425. The second-order valence-electron chi connectivity index (χ2n) is 7.52. The number of nitrogens with one attached hydrogen (secondary N) is 1. The Labute approximate surface area is 164 Å². The summed E-state index contributed by atoms with van der Waals surface area (Å²) < 4.78 is 0. The summed E-state index contributed by atoms with van der Waals surface area (Å²) in [5.74, 6) is 2.56. The summed E-state index contributed by atoms with van der Waals surface area (Å²) in [5, 5.41) is 12.3. The Kier molecular flexibility index (Phi) is 4.56. The molecule has 1 fully saturated rings. The maximum atomic E-state index is 4.48. The Hall–Kier alpha value is -3.09. The molecule has 0 bridgehead atoms. The minimum atomic E-state index is 0.593. The van der Waals surface area contributed by atoms with Gasteiger partial charge >= 0.3 is 0 Å². The first kappa shape index (κ1) is 17.0.